The third-order valence-corrected chi connectivity index (χ3v) is 3.46. The fourth-order valence-corrected chi connectivity index (χ4v) is 2.50. The monoisotopic (exact) mass is 242 g/mol. The average Bonchev–Trinajstić information content (AvgIpc) is 2.87. The Kier molecular flexibility index (Phi) is 2.47. The number of anilines is 1. The smallest absolute Gasteiger partial charge is 0.220 e. The highest BCUT2D eigenvalue weighted by Gasteiger charge is 2.08. The minimum absolute atomic E-state index is 0.618. The second-order valence-corrected chi connectivity index (χ2v) is 4.56. The Morgan fingerprint density at radius 1 is 1.00 bits per heavy atom. The average molecular weight is 242 g/mol. The number of hydrazine groups is 1. The van der Waals surface area contributed by atoms with E-state index in [1.807, 2.05) is 24.3 Å². The van der Waals surface area contributed by atoms with E-state index in [-0.39, 0.29) is 0 Å². The summed E-state index contributed by atoms with van der Waals surface area (Å²) in [6, 6.07) is 14.4. The molecule has 1 heterocycles. The number of fused-ring (bicyclic) bond motifs is 1. The van der Waals surface area contributed by atoms with Gasteiger partial charge in [0.2, 0.25) is 5.13 Å². The van der Waals surface area contributed by atoms with E-state index >= 15 is 0 Å². The highest BCUT2D eigenvalue weighted by atomic mass is 32.1. The second-order valence-electron chi connectivity index (χ2n) is 3.58. The standard InChI is InChI=1S/C12H10N4S/c13-14-12-16-15-11(17-12)10-7-3-5-8-4-1-2-6-9(8)10/h1-7H,13H2,(H,14,16). The van der Waals surface area contributed by atoms with E-state index in [1.165, 1.54) is 22.1 Å². The molecular weight excluding hydrogens is 232 g/mol. The molecule has 0 aliphatic carbocycles. The van der Waals surface area contributed by atoms with Crippen molar-refractivity contribution >= 4 is 27.2 Å². The lowest BCUT2D eigenvalue weighted by atomic mass is 10.1. The van der Waals surface area contributed by atoms with E-state index in [0.29, 0.717) is 5.13 Å². The molecule has 3 aromatic rings. The molecule has 3 rings (SSSR count). The zero-order valence-corrected chi connectivity index (χ0v) is 9.74. The van der Waals surface area contributed by atoms with Crippen molar-refractivity contribution in [1.82, 2.24) is 10.2 Å². The van der Waals surface area contributed by atoms with Crippen LogP contribution < -0.4 is 11.3 Å². The maximum absolute atomic E-state index is 5.31. The Hall–Kier alpha value is -1.98. The van der Waals surface area contributed by atoms with Crippen molar-refractivity contribution in [3.05, 3.63) is 42.5 Å². The molecule has 0 bridgehead atoms. The van der Waals surface area contributed by atoms with Crippen LogP contribution in [0.4, 0.5) is 5.13 Å². The summed E-state index contributed by atoms with van der Waals surface area (Å²) in [5, 5.41) is 11.9. The predicted molar refractivity (Wildman–Crippen MR) is 70.7 cm³/mol. The van der Waals surface area contributed by atoms with E-state index in [0.717, 1.165) is 10.6 Å². The van der Waals surface area contributed by atoms with Crippen molar-refractivity contribution in [2.45, 2.75) is 0 Å². The van der Waals surface area contributed by atoms with Gasteiger partial charge in [-0.05, 0) is 10.8 Å². The fourth-order valence-electron chi connectivity index (χ4n) is 1.80. The van der Waals surface area contributed by atoms with Gasteiger partial charge < -0.3 is 0 Å². The Bertz CT molecular complexity index is 657. The van der Waals surface area contributed by atoms with Crippen LogP contribution in [0.2, 0.25) is 0 Å². The number of benzene rings is 2. The Labute approximate surface area is 102 Å². The van der Waals surface area contributed by atoms with Crippen molar-refractivity contribution in [1.29, 1.82) is 0 Å². The van der Waals surface area contributed by atoms with Gasteiger partial charge in [-0.2, -0.15) is 0 Å². The quantitative estimate of drug-likeness (QED) is 0.535. The summed E-state index contributed by atoms with van der Waals surface area (Å²) < 4.78 is 0. The molecule has 84 valence electrons. The molecule has 0 saturated heterocycles. The zero-order chi connectivity index (χ0) is 11.7. The first-order chi connectivity index (χ1) is 8.38. The lowest BCUT2D eigenvalue weighted by Crippen LogP contribution is -2.05. The largest absolute Gasteiger partial charge is 0.298 e. The van der Waals surface area contributed by atoms with Crippen LogP contribution in [0, 0.1) is 0 Å². The van der Waals surface area contributed by atoms with E-state index in [4.69, 9.17) is 5.84 Å². The minimum atomic E-state index is 0.618. The molecular formula is C12H10N4S. The summed E-state index contributed by atoms with van der Waals surface area (Å²) in [7, 11) is 0. The van der Waals surface area contributed by atoms with Gasteiger partial charge in [0.1, 0.15) is 5.01 Å². The highest BCUT2D eigenvalue weighted by molar-refractivity contribution is 7.18. The van der Waals surface area contributed by atoms with Gasteiger partial charge in [0.15, 0.2) is 0 Å². The zero-order valence-electron chi connectivity index (χ0n) is 8.92. The molecule has 0 atom stereocenters. The fraction of sp³-hybridized carbons (Fsp3) is 0. The van der Waals surface area contributed by atoms with Crippen molar-refractivity contribution in [2.75, 3.05) is 5.43 Å². The summed E-state index contributed by atoms with van der Waals surface area (Å²) in [6.07, 6.45) is 0. The van der Waals surface area contributed by atoms with Gasteiger partial charge in [0.25, 0.3) is 0 Å². The van der Waals surface area contributed by atoms with Gasteiger partial charge >= 0.3 is 0 Å². The summed E-state index contributed by atoms with van der Waals surface area (Å²) in [4.78, 5) is 0. The highest BCUT2D eigenvalue weighted by Crippen LogP contribution is 2.31. The van der Waals surface area contributed by atoms with E-state index in [2.05, 4.69) is 33.8 Å². The molecule has 4 nitrogen and oxygen atoms in total. The number of aromatic nitrogens is 2. The first kappa shape index (κ1) is 10.2. The van der Waals surface area contributed by atoms with Crippen LogP contribution in [0.1, 0.15) is 0 Å². The summed E-state index contributed by atoms with van der Waals surface area (Å²) >= 11 is 1.44. The number of rotatable bonds is 2. The molecule has 17 heavy (non-hydrogen) atoms. The van der Waals surface area contributed by atoms with Crippen LogP contribution >= 0.6 is 11.3 Å². The number of nitrogens with one attached hydrogen (secondary N) is 1. The van der Waals surface area contributed by atoms with Crippen LogP contribution in [0.5, 0.6) is 0 Å². The lowest BCUT2D eigenvalue weighted by molar-refractivity contribution is 1.08. The van der Waals surface area contributed by atoms with Crippen molar-refractivity contribution in [3.8, 4) is 10.6 Å². The van der Waals surface area contributed by atoms with Crippen molar-refractivity contribution in [3.63, 3.8) is 0 Å². The van der Waals surface area contributed by atoms with E-state index in [9.17, 15) is 0 Å². The van der Waals surface area contributed by atoms with Gasteiger partial charge in [-0.25, -0.2) is 5.84 Å². The molecule has 0 aliphatic rings. The molecule has 0 fully saturated rings. The molecule has 0 saturated carbocycles. The van der Waals surface area contributed by atoms with Crippen LogP contribution in [0.3, 0.4) is 0 Å². The summed E-state index contributed by atoms with van der Waals surface area (Å²) in [5.74, 6) is 5.31. The normalized spacial score (nSPS) is 10.6. The maximum atomic E-state index is 5.31. The molecule has 0 unspecified atom stereocenters. The van der Waals surface area contributed by atoms with Gasteiger partial charge in [-0.15, -0.1) is 10.2 Å². The van der Waals surface area contributed by atoms with Crippen molar-refractivity contribution in [2.24, 2.45) is 5.84 Å². The number of hydrogen-bond donors (Lipinski definition) is 2. The minimum Gasteiger partial charge on any atom is -0.298 e. The molecule has 5 heteroatoms. The third-order valence-electron chi connectivity index (χ3n) is 2.57. The first-order valence-corrected chi connectivity index (χ1v) is 5.98. The van der Waals surface area contributed by atoms with Crippen LogP contribution in [-0.4, -0.2) is 10.2 Å². The van der Waals surface area contributed by atoms with Gasteiger partial charge in [0, 0.05) is 5.56 Å². The SMILES string of the molecule is NNc1nnc(-c2cccc3ccccc23)s1. The summed E-state index contributed by atoms with van der Waals surface area (Å²) in [6.45, 7) is 0. The first-order valence-electron chi connectivity index (χ1n) is 5.17. The predicted octanol–water partition coefficient (Wildman–Crippen LogP) is 2.64. The van der Waals surface area contributed by atoms with Gasteiger partial charge in [-0.3, -0.25) is 5.43 Å². The van der Waals surface area contributed by atoms with E-state index < -0.39 is 0 Å². The second kappa shape index (κ2) is 4.12. The van der Waals surface area contributed by atoms with Crippen LogP contribution in [-0.2, 0) is 0 Å². The number of nitrogens with zero attached hydrogens (tertiary/aromatic N) is 2. The molecule has 3 N–H and O–H groups in total. The Balaban J connectivity index is 2.23. The summed E-state index contributed by atoms with van der Waals surface area (Å²) in [5.41, 5.74) is 3.60. The molecule has 2 aromatic carbocycles. The van der Waals surface area contributed by atoms with Gasteiger partial charge in [-0.1, -0.05) is 53.8 Å². The Morgan fingerprint density at radius 2 is 1.82 bits per heavy atom. The number of hydrogen-bond acceptors (Lipinski definition) is 5. The lowest BCUT2D eigenvalue weighted by Gasteiger charge is -2.02. The maximum Gasteiger partial charge on any atom is 0.220 e. The Morgan fingerprint density at radius 3 is 2.65 bits per heavy atom. The molecule has 0 aliphatic heterocycles. The van der Waals surface area contributed by atoms with Gasteiger partial charge in [0.05, 0.1) is 0 Å². The molecule has 0 amide bonds. The van der Waals surface area contributed by atoms with Crippen LogP contribution in [0.15, 0.2) is 42.5 Å². The number of nitrogens with two attached hydrogens (primary N) is 1. The molecule has 0 spiro atoms. The third kappa shape index (κ3) is 1.75. The van der Waals surface area contributed by atoms with Crippen molar-refractivity contribution < 1.29 is 0 Å². The van der Waals surface area contributed by atoms with E-state index in [1.54, 1.807) is 0 Å². The number of nitrogen functional groups attached to an aromatic ring is 1. The molecule has 1 aromatic heterocycles. The molecule has 0 radical (unpaired) electrons. The topological polar surface area (TPSA) is 63.8 Å². The van der Waals surface area contributed by atoms with Crippen LogP contribution in [0.25, 0.3) is 21.3 Å².